The average molecular weight is 403 g/mol. The fourth-order valence-corrected chi connectivity index (χ4v) is 3.10. The predicted molar refractivity (Wildman–Crippen MR) is 107 cm³/mol. The van der Waals surface area contributed by atoms with E-state index in [9.17, 15) is 9.59 Å². The highest BCUT2D eigenvalue weighted by Crippen LogP contribution is 2.34. The third kappa shape index (κ3) is 4.95. The van der Waals surface area contributed by atoms with Crippen molar-refractivity contribution in [1.82, 2.24) is 10.6 Å². The maximum atomic E-state index is 12.4. The number of rotatable bonds is 6. The van der Waals surface area contributed by atoms with Crippen LogP contribution in [0, 0.1) is 5.92 Å². The Morgan fingerprint density at radius 3 is 2.39 bits per heavy atom. The monoisotopic (exact) mass is 402 g/mol. The Labute approximate surface area is 169 Å². The molecule has 0 spiro atoms. The number of ether oxygens (including phenoxy) is 2. The van der Waals surface area contributed by atoms with E-state index in [2.05, 4.69) is 10.6 Å². The van der Waals surface area contributed by atoms with Gasteiger partial charge in [-0.15, -0.1) is 0 Å². The molecule has 1 aliphatic rings. The number of carbonyl (C=O) groups is 2. The highest BCUT2D eigenvalue weighted by molar-refractivity contribution is 6.30. The first-order valence-electron chi connectivity index (χ1n) is 9.16. The van der Waals surface area contributed by atoms with Crippen LogP contribution in [0.4, 0.5) is 0 Å². The molecule has 2 aromatic rings. The molecular weight excluding hydrogens is 380 g/mol. The van der Waals surface area contributed by atoms with E-state index in [0.29, 0.717) is 35.3 Å². The van der Waals surface area contributed by atoms with E-state index in [4.69, 9.17) is 21.1 Å². The Kier molecular flexibility index (Phi) is 6.41. The molecule has 28 heavy (non-hydrogen) atoms. The number of hydrogen-bond donors (Lipinski definition) is 2. The molecule has 1 aliphatic heterocycles. The van der Waals surface area contributed by atoms with Crippen molar-refractivity contribution in [1.29, 1.82) is 0 Å². The second-order valence-electron chi connectivity index (χ2n) is 6.88. The maximum absolute atomic E-state index is 12.4. The molecular formula is C21H23ClN2O4. The van der Waals surface area contributed by atoms with E-state index in [1.807, 2.05) is 32.0 Å². The third-order valence-corrected chi connectivity index (χ3v) is 4.68. The Morgan fingerprint density at radius 2 is 1.71 bits per heavy atom. The van der Waals surface area contributed by atoms with Gasteiger partial charge < -0.3 is 20.1 Å². The number of benzene rings is 2. The lowest BCUT2D eigenvalue weighted by Crippen LogP contribution is -2.40. The van der Waals surface area contributed by atoms with Crippen molar-refractivity contribution in [2.75, 3.05) is 19.8 Å². The minimum absolute atomic E-state index is 0.116. The molecule has 1 atom stereocenters. The van der Waals surface area contributed by atoms with Gasteiger partial charge in [-0.25, -0.2) is 0 Å². The molecule has 0 bridgehead atoms. The Hall–Kier alpha value is -2.73. The second kappa shape index (κ2) is 8.97. The fourth-order valence-electron chi connectivity index (χ4n) is 2.98. The van der Waals surface area contributed by atoms with Crippen LogP contribution in [-0.4, -0.2) is 31.6 Å². The van der Waals surface area contributed by atoms with Crippen LogP contribution < -0.4 is 20.1 Å². The topological polar surface area (TPSA) is 76.7 Å². The Morgan fingerprint density at radius 1 is 1.04 bits per heavy atom. The lowest BCUT2D eigenvalue weighted by molar-refractivity contribution is -0.121. The molecule has 1 heterocycles. The van der Waals surface area contributed by atoms with E-state index >= 15 is 0 Å². The minimum Gasteiger partial charge on any atom is -0.486 e. The molecule has 0 saturated carbocycles. The van der Waals surface area contributed by atoms with Crippen molar-refractivity contribution in [2.45, 2.75) is 19.9 Å². The van der Waals surface area contributed by atoms with Crippen molar-refractivity contribution < 1.29 is 19.1 Å². The summed E-state index contributed by atoms with van der Waals surface area (Å²) in [5.74, 6) is 0.945. The van der Waals surface area contributed by atoms with E-state index in [1.54, 1.807) is 24.3 Å². The van der Waals surface area contributed by atoms with Gasteiger partial charge in [0.1, 0.15) is 13.2 Å². The normalized spacial score (nSPS) is 13.7. The van der Waals surface area contributed by atoms with Crippen molar-refractivity contribution in [3.8, 4) is 11.5 Å². The largest absolute Gasteiger partial charge is 0.486 e. The van der Waals surface area contributed by atoms with Crippen LogP contribution in [0.25, 0.3) is 0 Å². The lowest BCUT2D eigenvalue weighted by atomic mass is 9.95. The molecule has 148 valence electrons. The molecule has 0 radical (unpaired) electrons. The van der Waals surface area contributed by atoms with E-state index < -0.39 is 0 Å². The summed E-state index contributed by atoms with van der Waals surface area (Å²) in [6.07, 6.45) is 0. The zero-order chi connectivity index (χ0) is 20.1. The van der Waals surface area contributed by atoms with Crippen LogP contribution >= 0.6 is 11.6 Å². The summed E-state index contributed by atoms with van der Waals surface area (Å²) in [7, 11) is 0. The van der Waals surface area contributed by atoms with Crippen LogP contribution in [0.3, 0.4) is 0 Å². The Balaban J connectivity index is 1.61. The summed E-state index contributed by atoms with van der Waals surface area (Å²) in [5, 5.41) is 6.16. The summed E-state index contributed by atoms with van der Waals surface area (Å²) in [4.78, 5) is 24.6. The first kappa shape index (κ1) is 20.0. The first-order chi connectivity index (χ1) is 13.4. The average Bonchev–Trinajstić information content (AvgIpc) is 2.70. The molecule has 0 fully saturated rings. The number of hydrogen-bond acceptors (Lipinski definition) is 4. The SMILES string of the molecule is CC(C)C(NC(=O)CNC(=O)c1ccc(Cl)cc1)c1ccc2c(c1)OCCO2. The molecule has 2 aromatic carbocycles. The molecule has 6 nitrogen and oxygen atoms in total. The van der Waals surface area contributed by atoms with Gasteiger partial charge in [0, 0.05) is 10.6 Å². The third-order valence-electron chi connectivity index (χ3n) is 4.42. The number of halogens is 1. The summed E-state index contributed by atoms with van der Waals surface area (Å²) in [6, 6.07) is 11.9. The maximum Gasteiger partial charge on any atom is 0.251 e. The number of nitrogens with one attached hydrogen (secondary N) is 2. The van der Waals surface area contributed by atoms with Crippen molar-refractivity contribution in [2.24, 2.45) is 5.92 Å². The van der Waals surface area contributed by atoms with Gasteiger partial charge in [-0.3, -0.25) is 9.59 Å². The van der Waals surface area contributed by atoms with Gasteiger partial charge in [0.25, 0.3) is 5.91 Å². The molecule has 7 heteroatoms. The van der Waals surface area contributed by atoms with Crippen LogP contribution in [0.2, 0.25) is 5.02 Å². The van der Waals surface area contributed by atoms with Crippen molar-refractivity contribution in [3.63, 3.8) is 0 Å². The second-order valence-corrected chi connectivity index (χ2v) is 7.32. The number of carbonyl (C=O) groups excluding carboxylic acids is 2. The minimum atomic E-state index is -0.327. The van der Waals surface area contributed by atoms with Gasteiger partial charge in [0.2, 0.25) is 5.91 Å². The quantitative estimate of drug-likeness (QED) is 0.776. The zero-order valence-corrected chi connectivity index (χ0v) is 16.6. The summed E-state index contributed by atoms with van der Waals surface area (Å²) in [6.45, 7) is 4.97. The first-order valence-corrected chi connectivity index (χ1v) is 9.54. The number of amides is 2. The van der Waals surface area contributed by atoms with Crippen LogP contribution in [0.1, 0.15) is 35.8 Å². The van der Waals surface area contributed by atoms with E-state index in [1.165, 1.54) is 0 Å². The zero-order valence-electron chi connectivity index (χ0n) is 15.8. The molecule has 0 aromatic heterocycles. The van der Waals surface area contributed by atoms with Crippen LogP contribution in [0.5, 0.6) is 11.5 Å². The molecule has 0 aliphatic carbocycles. The molecule has 2 N–H and O–H groups in total. The summed E-state index contributed by atoms with van der Waals surface area (Å²) >= 11 is 5.82. The lowest BCUT2D eigenvalue weighted by Gasteiger charge is -2.25. The van der Waals surface area contributed by atoms with Crippen LogP contribution in [0.15, 0.2) is 42.5 Å². The smallest absolute Gasteiger partial charge is 0.251 e. The van der Waals surface area contributed by atoms with Crippen LogP contribution in [-0.2, 0) is 4.79 Å². The Bertz CT molecular complexity index is 852. The van der Waals surface area contributed by atoms with Crippen molar-refractivity contribution >= 4 is 23.4 Å². The van der Waals surface area contributed by atoms with Gasteiger partial charge in [0.05, 0.1) is 12.6 Å². The van der Waals surface area contributed by atoms with Gasteiger partial charge in [-0.05, 0) is 47.9 Å². The standard InChI is InChI=1S/C21H23ClN2O4/c1-13(2)20(15-5-8-17-18(11-15)28-10-9-27-17)24-19(25)12-23-21(26)14-3-6-16(22)7-4-14/h3-8,11,13,20H,9-10,12H2,1-2H3,(H,23,26)(H,24,25). The fraction of sp³-hybridized carbons (Fsp3) is 0.333. The highest BCUT2D eigenvalue weighted by Gasteiger charge is 2.21. The number of fused-ring (bicyclic) bond motifs is 1. The molecule has 1 unspecified atom stereocenters. The van der Waals surface area contributed by atoms with Gasteiger partial charge in [0.15, 0.2) is 11.5 Å². The molecule has 3 rings (SSSR count). The van der Waals surface area contributed by atoms with Gasteiger partial charge in [-0.2, -0.15) is 0 Å². The van der Waals surface area contributed by atoms with Gasteiger partial charge in [-0.1, -0.05) is 31.5 Å². The highest BCUT2D eigenvalue weighted by atomic mass is 35.5. The predicted octanol–water partition coefficient (Wildman–Crippen LogP) is 3.35. The summed E-state index contributed by atoms with van der Waals surface area (Å²) in [5.41, 5.74) is 1.38. The summed E-state index contributed by atoms with van der Waals surface area (Å²) < 4.78 is 11.2. The van der Waals surface area contributed by atoms with Crippen molar-refractivity contribution in [3.05, 3.63) is 58.6 Å². The molecule has 2 amide bonds. The molecule has 0 saturated heterocycles. The van der Waals surface area contributed by atoms with E-state index in [0.717, 1.165) is 5.56 Å². The van der Waals surface area contributed by atoms with E-state index in [-0.39, 0.29) is 30.3 Å². The van der Waals surface area contributed by atoms with Gasteiger partial charge >= 0.3 is 0 Å².